The number of benzene rings is 3. The summed E-state index contributed by atoms with van der Waals surface area (Å²) in [6.07, 6.45) is 0. The number of aromatic nitrogens is 2. The molecule has 0 amide bonds. The third-order valence-corrected chi connectivity index (χ3v) is 5.68. The van der Waals surface area contributed by atoms with Crippen LogP contribution < -0.4 is 4.72 Å². The second-order valence-corrected chi connectivity index (χ2v) is 8.01. The Kier molecular flexibility index (Phi) is 3.70. The Morgan fingerprint density at radius 1 is 0.893 bits per heavy atom. The lowest BCUT2D eigenvalue weighted by Gasteiger charge is -2.05. The molecule has 0 aliphatic carbocycles. The van der Waals surface area contributed by atoms with E-state index < -0.39 is 10.0 Å². The van der Waals surface area contributed by atoms with E-state index in [2.05, 4.69) is 14.7 Å². The second-order valence-electron chi connectivity index (χ2n) is 6.39. The van der Waals surface area contributed by atoms with Crippen LogP contribution in [0.2, 0.25) is 0 Å². The van der Waals surface area contributed by atoms with Gasteiger partial charge in [-0.1, -0.05) is 48.5 Å². The molecule has 28 heavy (non-hydrogen) atoms. The highest BCUT2D eigenvalue weighted by molar-refractivity contribution is 7.92. The molecular formula is C21H15N3O3S. The number of nitrogens with zero attached hydrogens (tertiary/aromatic N) is 1. The van der Waals surface area contributed by atoms with Crippen LogP contribution in [0.4, 0.5) is 5.69 Å². The largest absolute Gasteiger partial charge is 0.443 e. The van der Waals surface area contributed by atoms with Gasteiger partial charge in [0.05, 0.1) is 16.7 Å². The second kappa shape index (κ2) is 6.24. The Balaban J connectivity index is 1.49. The number of para-hydroxylation sites is 1. The van der Waals surface area contributed by atoms with Gasteiger partial charge in [0, 0.05) is 17.0 Å². The molecule has 0 radical (unpaired) electrons. The third-order valence-electron chi connectivity index (χ3n) is 4.45. The number of rotatable bonds is 4. The molecule has 5 rings (SSSR count). The minimum absolute atomic E-state index is 0.122. The van der Waals surface area contributed by atoms with Crippen LogP contribution in [0, 0.1) is 0 Å². The molecule has 3 aromatic carbocycles. The lowest BCUT2D eigenvalue weighted by Crippen LogP contribution is -2.11. The van der Waals surface area contributed by atoms with Crippen molar-refractivity contribution in [3.8, 4) is 11.4 Å². The number of hydrogen-bond donors (Lipinski definition) is 2. The number of fused-ring (bicyclic) bond motifs is 2. The Morgan fingerprint density at radius 3 is 2.50 bits per heavy atom. The average molecular weight is 389 g/mol. The van der Waals surface area contributed by atoms with E-state index in [1.807, 2.05) is 36.4 Å². The molecule has 0 spiro atoms. The van der Waals surface area contributed by atoms with E-state index in [0.717, 1.165) is 27.8 Å². The number of furan rings is 1. The number of anilines is 1. The minimum Gasteiger partial charge on any atom is -0.443 e. The summed E-state index contributed by atoms with van der Waals surface area (Å²) in [7, 11) is -3.84. The van der Waals surface area contributed by atoms with E-state index in [9.17, 15) is 8.42 Å². The molecule has 5 aromatic rings. The Morgan fingerprint density at radius 2 is 1.68 bits per heavy atom. The first-order valence-corrected chi connectivity index (χ1v) is 10.1. The van der Waals surface area contributed by atoms with Crippen LogP contribution in [-0.4, -0.2) is 18.4 Å². The summed E-state index contributed by atoms with van der Waals surface area (Å²) in [5.74, 6) is 0.730. The molecule has 2 aromatic heterocycles. The summed E-state index contributed by atoms with van der Waals surface area (Å²) in [4.78, 5) is 7.79. The van der Waals surface area contributed by atoms with Crippen LogP contribution in [0.5, 0.6) is 0 Å². The van der Waals surface area contributed by atoms with Gasteiger partial charge in [-0.3, -0.25) is 4.72 Å². The van der Waals surface area contributed by atoms with Crippen molar-refractivity contribution in [3.05, 3.63) is 78.9 Å². The zero-order chi connectivity index (χ0) is 19.1. The van der Waals surface area contributed by atoms with E-state index in [1.165, 1.54) is 6.07 Å². The molecule has 138 valence electrons. The van der Waals surface area contributed by atoms with Crippen LogP contribution >= 0.6 is 0 Å². The number of imidazole rings is 1. The van der Waals surface area contributed by atoms with Crippen LogP contribution in [0.3, 0.4) is 0 Å². The first-order chi connectivity index (χ1) is 13.6. The minimum atomic E-state index is -3.84. The summed E-state index contributed by atoms with van der Waals surface area (Å²) in [5, 5.41) is 0.614. The Labute approximate surface area is 160 Å². The fourth-order valence-electron chi connectivity index (χ4n) is 3.10. The molecular weight excluding hydrogens is 374 g/mol. The van der Waals surface area contributed by atoms with Gasteiger partial charge >= 0.3 is 0 Å². The van der Waals surface area contributed by atoms with Gasteiger partial charge < -0.3 is 9.40 Å². The van der Waals surface area contributed by atoms with Crippen molar-refractivity contribution in [1.82, 2.24) is 9.97 Å². The first-order valence-electron chi connectivity index (χ1n) is 8.65. The highest BCUT2D eigenvalue weighted by Gasteiger charge is 2.20. The SMILES string of the molecule is O=S(=O)(Nc1ccc2nc(-c3ccccc3)[nH]c2c1)c1cc2ccccc2o1. The molecule has 2 N–H and O–H groups in total. The summed E-state index contributed by atoms with van der Waals surface area (Å²) in [6, 6.07) is 23.6. The lowest BCUT2D eigenvalue weighted by molar-refractivity contribution is 0.484. The van der Waals surface area contributed by atoms with Crippen LogP contribution in [0.15, 0.2) is 88.4 Å². The van der Waals surface area contributed by atoms with Crippen LogP contribution in [0.25, 0.3) is 33.4 Å². The normalized spacial score (nSPS) is 11.9. The van der Waals surface area contributed by atoms with Crippen LogP contribution in [-0.2, 0) is 10.0 Å². The predicted molar refractivity (Wildman–Crippen MR) is 109 cm³/mol. The van der Waals surface area contributed by atoms with Gasteiger partial charge in [-0.05, 0) is 24.3 Å². The maximum absolute atomic E-state index is 12.7. The predicted octanol–water partition coefficient (Wildman–Crippen LogP) is 4.78. The van der Waals surface area contributed by atoms with Crippen molar-refractivity contribution in [2.24, 2.45) is 0 Å². The number of aromatic amines is 1. The van der Waals surface area contributed by atoms with Crippen molar-refractivity contribution in [1.29, 1.82) is 0 Å². The Bertz CT molecular complexity index is 1370. The van der Waals surface area contributed by atoms with Crippen LogP contribution in [0.1, 0.15) is 0 Å². The molecule has 0 aliphatic rings. The molecule has 0 fully saturated rings. The lowest BCUT2D eigenvalue weighted by atomic mass is 10.2. The summed E-state index contributed by atoms with van der Waals surface area (Å²) < 4.78 is 33.5. The monoisotopic (exact) mass is 389 g/mol. The maximum atomic E-state index is 12.7. The topological polar surface area (TPSA) is 88.0 Å². The zero-order valence-corrected chi connectivity index (χ0v) is 15.4. The van der Waals surface area contributed by atoms with E-state index in [4.69, 9.17) is 4.42 Å². The van der Waals surface area contributed by atoms with Gasteiger partial charge in [-0.15, -0.1) is 0 Å². The number of sulfonamides is 1. The maximum Gasteiger partial charge on any atom is 0.295 e. The number of hydrogen-bond acceptors (Lipinski definition) is 4. The molecule has 6 nitrogen and oxygen atoms in total. The van der Waals surface area contributed by atoms with Crippen molar-refractivity contribution < 1.29 is 12.8 Å². The molecule has 0 bridgehead atoms. The molecule has 0 unspecified atom stereocenters. The molecule has 0 saturated carbocycles. The highest BCUT2D eigenvalue weighted by atomic mass is 32.2. The van der Waals surface area contributed by atoms with Gasteiger partial charge in [-0.25, -0.2) is 4.98 Å². The molecule has 0 saturated heterocycles. The van der Waals surface area contributed by atoms with Gasteiger partial charge in [0.25, 0.3) is 10.0 Å². The van der Waals surface area contributed by atoms with Gasteiger partial charge in [-0.2, -0.15) is 8.42 Å². The summed E-state index contributed by atoms with van der Waals surface area (Å²) in [6.45, 7) is 0. The van der Waals surface area contributed by atoms with Crippen molar-refractivity contribution in [3.63, 3.8) is 0 Å². The highest BCUT2D eigenvalue weighted by Crippen LogP contribution is 2.26. The van der Waals surface area contributed by atoms with Gasteiger partial charge in [0.15, 0.2) is 0 Å². The van der Waals surface area contributed by atoms with E-state index >= 15 is 0 Å². The van der Waals surface area contributed by atoms with E-state index in [1.54, 1.807) is 36.4 Å². The fraction of sp³-hybridized carbons (Fsp3) is 0. The molecule has 7 heteroatoms. The molecule has 2 heterocycles. The average Bonchev–Trinajstić information content (AvgIpc) is 3.32. The molecule has 0 aliphatic heterocycles. The van der Waals surface area contributed by atoms with Crippen molar-refractivity contribution in [2.45, 2.75) is 5.09 Å². The van der Waals surface area contributed by atoms with Gasteiger partial charge in [0.1, 0.15) is 11.4 Å². The zero-order valence-electron chi connectivity index (χ0n) is 14.6. The standard InChI is InChI=1S/C21H15N3O3S/c25-28(26,20-12-15-8-4-5-9-19(15)27-20)24-16-10-11-17-18(13-16)23-21(22-17)14-6-2-1-3-7-14/h1-13,24H,(H,22,23). The first kappa shape index (κ1) is 16.6. The molecule has 0 atom stereocenters. The number of nitrogens with one attached hydrogen (secondary N) is 2. The quantitative estimate of drug-likeness (QED) is 0.463. The summed E-state index contributed by atoms with van der Waals surface area (Å²) >= 11 is 0. The van der Waals surface area contributed by atoms with Crippen molar-refractivity contribution in [2.75, 3.05) is 4.72 Å². The van der Waals surface area contributed by atoms with Gasteiger partial charge in [0.2, 0.25) is 5.09 Å². The van der Waals surface area contributed by atoms with E-state index in [-0.39, 0.29) is 5.09 Å². The summed E-state index contributed by atoms with van der Waals surface area (Å²) in [5.41, 5.74) is 3.41. The third kappa shape index (κ3) is 2.91. The number of H-pyrrole nitrogens is 1. The van der Waals surface area contributed by atoms with E-state index in [0.29, 0.717) is 11.3 Å². The smallest absolute Gasteiger partial charge is 0.295 e. The fourth-order valence-corrected chi connectivity index (χ4v) is 4.12. The van der Waals surface area contributed by atoms with Crippen molar-refractivity contribution >= 4 is 37.7 Å². The Hall–Kier alpha value is -3.58.